The third-order valence-electron chi connectivity index (χ3n) is 11.5. The number of aliphatic hydroxyl groups is 2. The molecule has 1 unspecified atom stereocenters. The third-order valence-corrected chi connectivity index (χ3v) is 11.5. The van der Waals surface area contributed by atoms with Crippen molar-refractivity contribution in [3.8, 4) is 5.75 Å². The number of allylic oxidation sites excluding steroid dienone is 4. The number of ether oxygens (including phenoxy) is 1. The number of hydrogen-bond donors (Lipinski definition) is 6. The first-order chi connectivity index (χ1) is 29.5. The van der Waals surface area contributed by atoms with Crippen LogP contribution in [0.25, 0.3) is 0 Å². The van der Waals surface area contributed by atoms with Gasteiger partial charge in [0, 0.05) is 44.3 Å². The maximum absolute atomic E-state index is 14.4. The average molecular weight is 864 g/mol. The summed E-state index contributed by atoms with van der Waals surface area (Å²) in [6.45, 7) is 11.0. The lowest BCUT2D eigenvalue weighted by Gasteiger charge is -2.36. The number of aliphatic hydroxyl groups excluding tert-OH is 2. The molecule has 4 amide bonds. The van der Waals surface area contributed by atoms with Gasteiger partial charge in [-0.2, -0.15) is 0 Å². The van der Waals surface area contributed by atoms with Crippen LogP contribution >= 0.6 is 0 Å². The number of fused-ring (bicyclic) bond motifs is 2. The number of carbonyl (C=O) groups excluding carboxylic acids is 6. The molecule has 2 bridgehead atoms. The van der Waals surface area contributed by atoms with E-state index in [-0.39, 0.29) is 49.7 Å². The number of esters is 1. The van der Waals surface area contributed by atoms with Gasteiger partial charge in [-0.3, -0.25) is 33.8 Å². The maximum atomic E-state index is 14.4. The van der Waals surface area contributed by atoms with Crippen LogP contribution in [0.15, 0.2) is 66.3 Å². The standard InChI is InChI=1S/C46H65N5O11/c1-28(2)41-44(58)47-36(26-33-21-19-29(3)38(54)27-33)45(59)50-23-13-15-35(49-50)46(60)62-39(30(4)14-12-18-40(55)51-24-10-11-25-61-51)17-9-7-8-16-37(53)32(6)42(56)34(43(57)48-41)22-20-31(5)52/h7-9,12,14,16,18-19,21,27-28,32,34-37,39,41-42,49,53-54,56H,10-11,13,15,17,20,22-26H2,1-6H3,(H,47,58)(H,48,57)/t32-,34+,35?,36-,37-,39-,41-,42+/m0/s1. The van der Waals surface area contributed by atoms with Gasteiger partial charge in [-0.05, 0) is 81.6 Å². The predicted molar refractivity (Wildman–Crippen MR) is 230 cm³/mol. The van der Waals surface area contributed by atoms with Gasteiger partial charge in [-0.25, -0.2) is 10.5 Å². The zero-order valence-electron chi connectivity index (χ0n) is 36.7. The Bertz CT molecular complexity index is 1870. The molecule has 0 saturated carbocycles. The van der Waals surface area contributed by atoms with Crippen LogP contribution in [0, 0.1) is 24.7 Å². The van der Waals surface area contributed by atoms with E-state index in [9.17, 15) is 44.1 Å². The number of benzene rings is 1. The zero-order chi connectivity index (χ0) is 45.5. The summed E-state index contributed by atoms with van der Waals surface area (Å²) in [5.74, 6) is -5.66. The minimum Gasteiger partial charge on any atom is -0.508 e. The minimum absolute atomic E-state index is 0.00256. The largest absolute Gasteiger partial charge is 0.508 e. The maximum Gasteiger partial charge on any atom is 0.325 e. The number of nitrogens with one attached hydrogen (secondary N) is 3. The van der Waals surface area contributed by atoms with Crippen molar-refractivity contribution >= 4 is 35.4 Å². The van der Waals surface area contributed by atoms with Gasteiger partial charge < -0.3 is 35.5 Å². The topological polar surface area (TPSA) is 224 Å². The van der Waals surface area contributed by atoms with Crippen LogP contribution < -0.4 is 16.1 Å². The lowest BCUT2D eigenvalue weighted by molar-refractivity contribution is -0.191. The Labute approximate surface area is 364 Å². The molecule has 0 spiro atoms. The van der Waals surface area contributed by atoms with Gasteiger partial charge in [0.05, 0.1) is 24.7 Å². The highest BCUT2D eigenvalue weighted by Gasteiger charge is 2.38. The highest BCUT2D eigenvalue weighted by atomic mass is 16.7. The molecule has 3 aliphatic heterocycles. The molecule has 0 radical (unpaired) electrons. The number of aromatic hydroxyl groups is 1. The quantitative estimate of drug-likeness (QED) is 0.120. The molecule has 1 aromatic rings. The average Bonchev–Trinajstić information content (AvgIpc) is 3.24. The summed E-state index contributed by atoms with van der Waals surface area (Å²) in [7, 11) is 0. The molecule has 16 heteroatoms. The molecule has 8 atom stereocenters. The third kappa shape index (κ3) is 14.5. The van der Waals surface area contributed by atoms with Gasteiger partial charge in [0.25, 0.3) is 11.8 Å². The Morgan fingerprint density at radius 3 is 2.44 bits per heavy atom. The van der Waals surface area contributed by atoms with E-state index in [1.54, 1.807) is 77.1 Å². The van der Waals surface area contributed by atoms with E-state index in [0.717, 1.165) is 12.8 Å². The number of aryl methyl sites for hydroxylation is 1. The number of ketones is 1. The molecular weight excluding hydrogens is 799 g/mol. The minimum atomic E-state index is -1.42. The second-order valence-electron chi connectivity index (χ2n) is 16.8. The van der Waals surface area contributed by atoms with Crippen molar-refractivity contribution < 1.29 is 53.7 Å². The number of hydrazine groups is 1. The molecule has 0 aliphatic carbocycles. The fraction of sp³-hybridized carbons (Fsp3) is 0.565. The van der Waals surface area contributed by atoms with Crippen molar-refractivity contribution in [2.75, 3.05) is 19.7 Å². The Morgan fingerprint density at radius 2 is 1.76 bits per heavy atom. The molecule has 340 valence electrons. The van der Waals surface area contributed by atoms with Gasteiger partial charge in [0.15, 0.2) is 0 Å². The summed E-state index contributed by atoms with van der Waals surface area (Å²) in [5, 5.41) is 41.3. The molecule has 16 nitrogen and oxygen atoms in total. The fourth-order valence-electron chi connectivity index (χ4n) is 7.39. The molecule has 2 fully saturated rings. The molecule has 6 N–H and O–H groups in total. The first-order valence-corrected chi connectivity index (χ1v) is 21.6. The van der Waals surface area contributed by atoms with Crippen LogP contribution in [0.4, 0.5) is 0 Å². The Hall–Kier alpha value is -5.16. The van der Waals surface area contributed by atoms with Crippen LogP contribution in [0.3, 0.4) is 0 Å². The molecular formula is C46H65N5O11. The van der Waals surface area contributed by atoms with Gasteiger partial charge in [0.1, 0.15) is 35.8 Å². The summed E-state index contributed by atoms with van der Waals surface area (Å²) in [6.07, 6.45) is 10.1. The summed E-state index contributed by atoms with van der Waals surface area (Å²) in [4.78, 5) is 86.5. The SMILES string of the molecule is CC(=O)CC[C@H]1C(=O)N[C@@H](C(C)C)C(=O)N[C@@H](Cc2ccc(C)c(O)c2)C(=O)N2CCCC(N2)C(=O)O[C@H](C(C)=CC=CC(=O)N2CCCCO2)CC=CC=C[C@H](O)[C@H](C)[C@H]1O. The normalized spacial score (nSPS) is 27.9. The number of cyclic esters (lactones) is 1. The van der Waals surface area contributed by atoms with Crippen molar-refractivity contribution in [3.63, 3.8) is 0 Å². The van der Waals surface area contributed by atoms with Crippen LogP contribution in [-0.4, -0.2) is 117 Å². The summed E-state index contributed by atoms with van der Waals surface area (Å²) >= 11 is 0. The van der Waals surface area contributed by atoms with Crippen molar-refractivity contribution in [3.05, 3.63) is 77.4 Å². The van der Waals surface area contributed by atoms with Crippen molar-refractivity contribution in [1.29, 1.82) is 0 Å². The Kier molecular flexibility index (Phi) is 19.1. The monoisotopic (exact) mass is 863 g/mol. The first kappa shape index (κ1) is 49.5. The van der Waals surface area contributed by atoms with E-state index in [1.165, 1.54) is 35.2 Å². The van der Waals surface area contributed by atoms with Gasteiger partial charge in [-0.1, -0.05) is 69.4 Å². The lowest BCUT2D eigenvalue weighted by Crippen LogP contribution is -2.62. The number of amides is 4. The Morgan fingerprint density at radius 1 is 1.00 bits per heavy atom. The van der Waals surface area contributed by atoms with Crippen LogP contribution in [0.5, 0.6) is 5.75 Å². The lowest BCUT2D eigenvalue weighted by atomic mass is 9.84. The van der Waals surface area contributed by atoms with E-state index in [4.69, 9.17) is 9.57 Å². The zero-order valence-corrected chi connectivity index (χ0v) is 36.7. The van der Waals surface area contributed by atoms with E-state index in [0.29, 0.717) is 42.7 Å². The second kappa shape index (κ2) is 23.9. The number of nitrogens with zero attached hydrogens (tertiary/aromatic N) is 2. The number of phenols is 1. The summed E-state index contributed by atoms with van der Waals surface area (Å²) < 4.78 is 6.06. The molecule has 1 aromatic carbocycles. The molecule has 62 heavy (non-hydrogen) atoms. The number of Topliss-reactive ketones (excluding diaryl/α,β-unsaturated/α-hetero) is 1. The second-order valence-corrected chi connectivity index (χ2v) is 16.8. The van der Waals surface area contributed by atoms with E-state index in [2.05, 4.69) is 16.1 Å². The van der Waals surface area contributed by atoms with E-state index < -0.39 is 77.9 Å². The Balaban J connectivity index is 1.71. The first-order valence-electron chi connectivity index (χ1n) is 21.6. The fourth-order valence-corrected chi connectivity index (χ4v) is 7.39. The molecule has 3 aliphatic rings. The highest BCUT2D eigenvalue weighted by Crippen LogP contribution is 2.25. The molecule has 2 saturated heterocycles. The predicted octanol–water partition coefficient (Wildman–Crippen LogP) is 3.19. The number of phenolic OH excluding ortho intramolecular Hbond substituents is 1. The van der Waals surface area contributed by atoms with Gasteiger partial charge in [0.2, 0.25) is 11.8 Å². The van der Waals surface area contributed by atoms with Crippen LogP contribution in [0.2, 0.25) is 0 Å². The molecule has 0 aromatic heterocycles. The summed E-state index contributed by atoms with van der Waals surface area (Å²) in [6, 6.07) is 1.58. The van der Waals surface area contributed by atoms with Crippen molar-refractivity contribution in [2.24, 2.45) is 17.8 Å². The number of carbonyl (C=O) groups is 6. The highest BCUT2D eigenvalue weighted by molar-refractivity contribution is 5.93. The van der Waals surface area contributed by atoms with Crippen LogP contribution in [0.1, 0.15) is 90.7 Å². The number of hydrogen-bond acceptors (Lipinski definition) is 12. The van der Waals surface area contributed by atoms with Crippen LogP contribution in [-0.2, 0) is 44.8 Å². The number of rotatable bonds is 9. The van der Waals surface area contributed by atoms with Crippen molar-refractivity contribution in [1.82, 2.24) is 26.1 Å². The van der Waals surface area contributed by atoms with E-state index in [1.807, 2.05) is 0 Å². The van der Waals surface area contributed by atoms with Gasteiger partial charge >= 0.3 is 5.97 Å². The molecule has 3 heterocycles. The van der Waals surface area contributed by atoms with Gasteiger partial charge in [-0.15, -0.1) is 0 Å². The van der Waals surface area contributed by atoms with Crippen molar-refractivity contribution in [2.45, 2.75) is 129 Å². The van der Waals surface area contributed by atoms with E-state index >= 15 is 0 Å². The molecule has 4 rings (SSSR count). The smallest absolute Gasteiger partial charge is 0.325 e. The number of hydroxylamine groups is 2. The summed E-state index contributed by atoms with van der Waals surface area (Å²) in [5.41, 5.74) is 4.78.